The molecule has 106 valence electrons. The van der Waals surface area contributed by atoms with Gasteiger partial charge in [-0.2, -0.15) is 10.1 Å². The van der Waals surface area contributed by atoms with Crippen molar-refractivity contribution in [2.45, 2.75) is 20.4 Å². The van der Waals surface area contributed by atoms with Crippen LogP contribution in [0.2, 0.25) is 0 Å². The first-order valence-corrected chi connectivity index (χ1v) is 6.25. The quantitative estimate of drug-likeness (QED) is 0.661. The molecule has 7 nitrogen and oxygen atoms in total. The lowest BCUT2D eigenvalue weighted by Crippen LogP contribution is -2.17. The van der Waals surface area contributed by atoms with Crippen molar-refractivity contribution in [3.05, 3.63) is 41.1 Å². The van der Waals surface area contributed by atoms with Gasteiger partial charge in [0.15, 0.2) is 5.78 Å². The molecule has 0 bridgehead atoms. The van der Waals surface area contributed by atoms with Gasteiger partial charge in [0.2, 0.25) is 5.82 Å². The molecule has 0 spiro atoms. The molecular weight excluding hydrogens is 268 g/mol. The maximum Gasteiger partial charge on any atom is 0.204 e. The van der Waals surface area contributed by atoms with E-state index in [1.807, 2.05) is 31.2 Å². The smallest absolute Gasteiger partial charge is 0.204 e. The van der Waals surface area contributed by atoms with E-state index in [1.54, 1.807) is 6.07 Å². The van der Waals surface area contributed by atoms with Crippen molar-refractivity contribution in [2.75, 3.05) is 0 Å². The van der Waals surface area contributed by atoms with E-state index in [1.165, 1.54) is 6.92 Å². The number of nitriles is 1. The number of aryl methyl sites for hydroxylation is 1. The molecule has 1 aromatic heterocycles. The first kappa shape index (κ1) is 14.4. The minimum absolute atomic E-state index is 0.0795. The van der Waals surface area contributed by atoms with E-state index in [0.717, 1.165) is 15.9 Å². The zero-order chi connectivity index (χ0) is 15.4. The Balaban J connectivity index is 2.18. The summed E-state index contributed by atoms with van der Waals surface area (Å²) in [4.78, 5) is 13.0. The predicted octanol–water partition coefficient (Wildman–Crippen LogP) is 0.974. The van der Waals surface area contributed by atoms with Gasteiger partial charge in [0.05, 0.1) is 0 Å². The zero-order valence-electron chi connectivity index (χ0n) is 11.7. The molecule has 21 heavy (non-hydrogen) atoms. The second-order valence-electron chi connectivity index (χ2n) is 4.60. The van der Waals surface area contributed by atoms with Crippen molar-refractivity contribution in [2.24, 2.45) is 5.73 Å². The fourth-order valence-electron chi connectivity index (χ4n) is 1.71. The third kappa shape index (κ3) is 3.30. The molecule has 0 radical (unpaired) electrons. The highest BCUT2D eigenvalue weighted by Crippen LogP contribution is 2.14. The lowest BCUT2D eigenvalue weighted by Gasteiger charge is -1.99. The number of rotatable bonds is 4. The van der Waals surface area contributed by atoms with Crippen molar-refractivity contribution in [1.82, 2.24) is 20.2 Å². The third-order valence-corrected chi connectivity index (χ3v) is 2.83. The van der Waals surface area contributed by atoms with E-state index in [4.69, 9.17) is 11.0 Å². The van der Waals surface area contributed by atoms with E-state index in [0.29, 0.717) is 5.82 Å². The summed E-state index contributed by atoms with van der Waals surface area (Å²) < 4.78 is 0. The molecule has 2 rings (SSSR count). The van der Waals surface area contributed by atoms with Crippen molar-refractivity contribution >= 4 is 5.78 Å². The Labute approximate surface area is 121 Å². The molecule has 0 aliphatic heterocycles. The number of nitrogens with zero attached hydrogens (tertiary/aromatic N) is 5. The first-order valence-electron chi connectivity index (χ1n) is 6.25. The Morgan fingerprint density at radius 2 is 2.05 bits per heavy atom. The molecule has 0 fully saturated rings. The zero-order valence-corrected chi connectivity index (χ0v) is 11.7. The van der Waals surface area contributed by atoms with Gasteiger partial charge in [-0.3, -0.25) is 4.79 Å². The molecule has 7 heteroatoms. The molecule has 0 saturated carbocycles. The summed E-state index contributed by atoms with van der Waals surface area (Å²) >= 11 is 0. The van der Waals surface area contributed by atoms with Crippen LogP contribution >= 0.6 is 0 Å². The molecule has 0 amide bonds. The maximum atomic E-state index is 11.9. The number of allylic oxidation sites excluding steroid dienone is 2. The number of Topliss-reactive ketones (excluding diaryl/α,β-unsaturated/α-hetero) is 1. The van der Waals surface area contributed by atoms with E-state index in [2.05, 4.69) is 15.4 Å². The Hall–Kier alpha value is -3.01. The summed E-state index contributed by atoms with van der Waals surface area (Å²) in [5, 5.41) is 20.7. The first-order chi connectivity index (χ1) is 10.0. The van der Waals surface area contributed by atoms with Crippen LogP contribution in [0.3, 0.4) is 0 Å². The number of ketones is 1. The van der Waals surface area contributed by atoms with Crippen LogP contribution in [0, 0.1) is 18.3 Å². The van der Waals surface area contributed by atoms with Gasteiger partial charge < -0.3 is 5.73 Å². The summed E-state index contributed by atoms with van der Waals surface area (Å²) in [5.41, 5.74) is 7.52. The van der Waals surface area contributed by atoms with Gasteiger partial charge in [0.1, 0.15) is 18.2 Å². The number of hydrogen-bond donors (Lipinski definition) is 1. The third-order valence-electron chi connectivity index (χ3n) is 2.83. The van der Waals surface area contributed by atoms with Crippen LogP contribution in [0.25, 0.3) is 11.4 Å². The van der Waals surface area contributed by atoms with Crippen LogP contribution in [0.4, 0.5) is 0 Å². The summed E-state index contributed by atoms with van der Waals surface area (Å²) in [6.45, 7) is 3.32. The van der Waals surface area contributed by atoms with Crippen molar-refractivity contribution in [1.29, 1.82) is 5.26 Å². The normalized spacial score (nSPS) is 11.7. The fourth-order valence-corrected chi connectivity index (χ4v) is 1.71. The molecule has 2 aromatic rings. The number of aromatic nitrogens is 4. The number of benzene rings is 1. The van der Waals surface area contributed by atoms with E-state index < -0.39 is 5.78 Å². The lowest BCUT2D eigenvalue weighted by molar-refractivity contribution is -0.116. The minimum Gasteiger partial charge on any atom is -0.401 e. The number of hydrogen-bond acceptors (Lipinski definition) is 6. The molecule has 0 saturated heterocycles. The number of tetrazole rings is 1. The highest BCUT2D eigenvalue weighted by atomic mass is 16.1. The SMILES string of the molecule is C/C(N)=C(\C#N)C(=O)Cn1nnc(-c2ccc(C)cc2)n1. The van der Waals surface area contributed by atoms with Crippen molar-refractivity contribution in [3.8, 4) is 17.5 Å². The Kier molecular flexibility index (Phi) is 4.09. The topological polar surface area (TPSA) is 110 Å². The number of carbonyl (C=O) groups is 1. The Morgan fingerprint density at radius 1 is 1.38 bits per heavy atom. The predicted molar refractivity (Wildman–Crippen MR) is 75.5 cm³/mol. The molecular formula is C14H14N6O. The second kappa shape index (κ2) is 5.96. The number of nitrogens with two attached hydrogens (primary N) is 1. The maximum absolute atomic E-state index is 11.9. The van der Waals surface area contributed by atoms with Gasteiger partial charge in [-0.15, -0.1) is 10.2 Å². The highest BCUT2D eigenvalue weighted by Gasteiger charge is 2.14. The van der Waals surface area contributed by atoms with Crippen LogP contribution in [0.5, 0.6) is 0 Å². The summed E-state index contributed by atoms with van der Waals surface area (Å²) in [5.74, 6) is -0.0138. The summed E-state index contributed by atoms with van der Waals surface area (Å²) in [6, 6.07) is 9.42. The fraction of sp³-hybridized carbons (Fsp3) is 0.214. The van der Waals surface area contributed by atoms with Crippen LogP contribution < -0.4 is 5.73 Å². The largest absolute Gasteiger partial charge is 0.401 e. The summed E-state index contributed by atoms with van der Waals surface area (Å²) in [7, 11) is 0. The van der Waals surface area contributed by atoms with E-state index >= 15 is 0 Å². The van der Waals surface area contributed by atoms with Gasteiger partial charge in [0.25, 0.3) is 0 Å². The van der Waals surface area contributed by atoms with Crippen molar-refractivity contribution < 1.29 is 4.79 Å². The van der Waals surface area contributed by atoms with Crippen LogP contribution in [0.15, 0.2) is 35.5 Å². The highest BCUT2D eigenvalue weighted by molar-refractivity contribution is 5.99. The number of carbonyl (C=O) groups excluding carboxylic acids is 1. The van der Waals surface area contributed by atoms with E-state index in [-0.39, 0.29) is 17.8 Å². The molecule has 0 aliphatic rings. The lowest BCUT2D eigenvalue weighted by atomic mass is 10.1. The van der Waals surface area contributed by atoms with Crippen LogP contribution in [-0.4, -0.2) is 26.0 Å². The van der Waals surface area contributed by atoms with Gasteiger partial charge in [-0.1, -0.05) is 29.8 Å². The Morgan fingerprint density at radius 3 is 2.62 bits per heavy atom. The molecule has 0 atom stereocenters. The monoisotopic (exact) mass is 282 g/mol. The molecule has 1 heterocycles. The molecule has 0 aliphatic carbocycles. The molecule has 0 unspecified atom stereocenters. The van der Waals surface area contributed by atoms with Gasteiger partial charge in [-0.05, 0) is 19.1 Å². The summed E-state index contributed by atoms with van der Waals surface area (Å²) in [6.07, 6.45) is 0. The molecule has 1 aromatic carbocycles. The minimum atomic E-state index is -0.439. The van der Waals surface area contributed by atoms with Gasteiger partial charge >= 0.3 is 0 Å². The average molecular weight is 282 g/mol. The van der Waals surface area contributed by atoms with Gasteiger partial charge in [-0.25, -0.2) is 0 Å². The van der Waals surface area contributed by atoms with Crippen LogP contribution in [0.1, 0.15) is 12.5 Å². The second-order valence-corrected chi connectivity index (χ2v) is 4.60. The Bertz CT molecular complexity index is 732. The van der Waals surface area contributed by atoms with Crippen LogP contribution in [-0.2, 0) is 11.3 Å². The van der Waals surface area contributed by atoms with Crippen molar-refractivity contribution in [3.63, 3.8) is 0 Å². The molecule has 2 N–H and O–H groups in total. The van der Waals surface area contributed by atoms with E-state index in [9.17, 15) is 4.79 Å². The van der Waals surface area contributed by atoms with Gasteiger partial charge in [0, 0.05) is 11.3 Å². The average Bonchev–Trinajstić information content (AvgIpc) is 2.88. The standard InChI is InChI=1S/C14H14N6O/c1-9-3-5-11(6-4-9)14-17-19-20(18-14)8-13(21)12(7-15)10(2)16/h3-6H,8,16H2,1-2H3/b12-10-.